The van der Waals surface area contributed by atoms with Gasteiger partial charge in [0.25, 0.3) is 5.91 Å². The number of aromatic nitrogens is 1. The number of rotatable bonds is 2. The molecule has 3 aliphatic rings. The molecule has 5 rings (SSSR count). The number of hydrogen-bond donors (Lipinski definition) is 1. The number of hydrogen-bond acceptors (Lipinski definition) is 3. The highest BCUT2D eigenvalue weighted by molar-refractivity contribution is 5.95. The van der Waals surface area contributed by atoms with Crippen molar-refractivity contribution < 1.29 is 4.79 Å². The van der Waals surface area contributed by atoms with Crippen LogP contribution in [0.5, 0.6) is 0 Å². The second kappa shape index (κ2) is 5.11. The molecule has 4 heterocycles. The Morgan fingerprint density at radius 1 is 1.14 bits per heavy atom. The highest BCUT2D eigenvalue weighted by Gasteiger charge is 2.35. The van der Waals surface area contributed by atoms with E-state index in [1.807, 2.05) is 36.4 Å². The summed E-state index contributed by atoms with van der Waals surface area (Å²) in [6, 6.07) is 12.0. The molecule has 0 saturated carbocycles. The van der Waals surface area contributed by atoms with E-state index in [4.69, 9.17) is 0 Å². The molecule has 3 saturated heterocycles. The van der Waals surface area contributed by atoms with E-state index in [1.165, 1.54) is 25.9 Å². The van der Waals surface area contributed by atoms with E-state index in [-0.39, 0.29) is 11.9 Å². The molecule has 1 unspecified atom stereocenters. The molecule has 108 valence electrons. The lowest BCUT2D eigenvalue weighted by atomic mass is 9.84. The summed E-state index contributed by atoms with van der Waals surface area (Å²) in [5, 5.41) is 4.25. The Labute approximate surface area is 124 Å². The topological polar surface area (TPSA) is 45.2 Å². The lowest BCUT2D eigenvalue weighted by Crippen LogP contribution is -2.57. The maximum absolute atomic E-state index is 12.4. The highest BCUT2D eigenvalue weighted by Crippen LogP contribution is 2.27. The maximum Gasteiger partial charge on any atom is 0.270 e. The second-order valence-corrected chi connectivity index (χ2v) is 6.11. The van der Waals surface area contributed by atoms with Crippen LogP contribution in [0.25, 0.3) is 10.9 Å². The van der Waals surface area contributed by atoms with Crippen molar-refractivity contribution >= 4 is 16.8 Å². The normalized spacial score (nSPS) is 27.7. The Bertz CT molecular complexity index is 677. The summed E-state index contributed by atoms with van der Waals surface area (Å²) in [6.45, 7) is 3.36. The van der Waals surface area contributed by atoms with Crippen LogP contribution < -0.4 is 5.32 Å². The fourth-order valence-corrected chi connectivity index (χ4v) is 3.56. The van der Waals surface area contributed by atoms with Crippen LogP contribution in [-0.4, -0.2) is 41.5 Å². The number of nitrogens with zero attached hydrogens (tertiary/aromatic N) is 2. The van der Waals surface area contributed by atoms with Gasteiger partial charge in [0.2, 0.25) is 0 Å². The molecule has 0 radical (unpaired) electrons. The molecule has 4 nitrogen and oxygen atoms in total. The third kappa shape index (κ3) is 2.40. The van der Waals surface area contributed by atoms with Gasteiger partial charge in [-0.3, -0.25) is 4.79 Å². The fraction of sp³-hybridized carbons (Fsp3) is 0.412. The molecular weight excluding hydrogens is 262 g/mol. The molecule has 2 aromatic rings. The van der Waals surface area contributed by atoms with E-state index >= 15 is 0 Å². The van der Waals surface area contributed by atoms with Gasteiger partial charge in [-0.05, 0) is 44.0 Å². The highest BCUT2D eigenvalue weighted by atomic mass is 16.1. The average Bonchev–Trinajstić information content (AvgIpc) is 2.55. The second-order valence-electron chi connectivity index (χ2n) is 6.11. The zero-order chi connectivity index (χ0) is 14.2. The van der Waals surface area contributed by atoms with Gasteiger partial charge < -0.3 is 10.2 Å². The van der Waals surface area contributed by atoms with Crippen LogP contribution in [-0.2, 0) is 0 Å². The van der Waals surface area contributed by atoms with Crippen molar-refractivity contribution in [2.45, 2.75) is 18.9 Å². The number of fused-ring (bicyclic) bond motifs is 4. The molecule has 4 heteroatoms. The minimum atomic E-state index is -0.0421. The Hall–Kier alpha value is -1.94. The summed E-state index contributed by atoms with van der Waals surface area (Å²) < 4.78 is 0. The minimum Gasteiger partial charge on any atom is -0.346 e. The lowest BCUT2D eigenvalue weighted by Gasteiger charge is -2.44. The number of piperidine rings is 3. The summed E-state index contributed by atoms with van der Waals surface area (Å²) in [4.78, 5) is 19.4. The van der Waals surface area contributed by atoms with Crippen LogP contribution in [0.1, 0.15) is 23.3 Å². The fourth-order valence-electron chi connectivity index (χ4n) is 3.56. The molecule has 1 atom stereocenters. The van der Waals surface area contributed by atoms with Gasteiger partial charge in [-0.25, -0.2) is 4.98 Å². The van der Waals surface area contributed by atoms with Crippen LogP contribution in [0.2, 0.25) is 0 Å². The monoisotopic (exact) mass is 281 g/mol. The van der Waals surface area contributed by atoms with Crippen molar-refractivity contribution in [1.29, 1.82) is 0 Å². The van der Waals surface area contributed by atoms with Crippen molar-refractivity contribution in [1.82, 2.24) is 15.2 Å². The first-order chi connectivity index (χ1) is 10.3. The van der Waals surface area contributed by atoms with Crippen LogP contribution in [0.15, 0.2) is 36.4 Å². The van der Waals surface area contributed by atoms with Crippen molar-refractivity contribution in [2.24, 2.45) is 5.92 Å². The van der Waals surface area contributed by atoms with Gasteiger partial charge in [-0.15, -0.1) is 0 Å². The van der Waals surface area contributed by atoms with Crippen LogP contribution in [0.4, 0.5) is 0 Å². The van der Waals surface area contributed by atoms with Gasteiger partial charge >= 0.3 is 0 Å². The summed E-state index contributed by atoms with van der Waals surface area (Å²) in [7, 11) is 0. The summed E-state index contributed by atoms with van der Waals surface area (Å²) >= 11 is 0. The van der Waals surface area contributed by atoms with Gasteiger partial charge in [0.1, 0.15) is 5.69 Å². The Balaban J connectivity index is 1.53. The molecule has 3 aliphatic heterocycles. The zero-order valence-electron chi connectivity index (χ0n) is 12.0. The lowest BCUT2D eigenvalue weighted by molar-refractivity contribution is 0.0618. The zero-order valence-corrected chi connectivity index (χ0v) is 12.0. The largest absolute Gasteiger partial charge is 0.346 e. The predicted molar refractivity (Wildman–Crippen MR) is 82.2 cm³/mol. The van der Waals surface area contributed by atoms with Crippen molar-refractivity contribution in [3.05, 3.63) is 42.1 Å². The minimum absolute atomic E-state index is 0.0421. The number of nitrogens with one attached hydrogen (secondary N) is 1. The third-order valence-electron chi connectivity index (χ3n) is 4.80. The predicted octanol–water partition coefficient (Wildman–Crippen LogP) is 2.06. The van der Waals surface area contributed by atoms with Crippen LogP contribution in [0, 0.1) is 5.92 Å². The van der Waals surface area contributed by atoms with Gasteiger partial charge in [-0.1, -0.05) is 24.3 Å². The van der Waals surface area contributed by atoms with Crippen LogP contribution in [0.3, 0.4) is 0 Å². The first-order valence-electron chi connectivity index (χ1n) is 7.68. The van der Waals surface area contributed by atoms with Gasteiger partial charge in [0.15, 0.2) is 0 Å². The standard InChI is InChI=1S/C17H19N3O/c21-17(19-16-11-20-9-7-13(16)8-10-20)15-6-5-12-3-1-2-4-14(12)18-15/h1-6,13,16H,7-11H2,(H,19,21). The first-order valence-corrected chi connectivity index (χ1v) is 7.68. The first kappa shape index (κ1) is 12.8. The average molecular weight is 281 g/mol. The molecule has 21 heavy (non-hydrogen) atoms. The summed E-state index contributed by atoms with van der Waals surface area (Å²) in [5.41, 5.74) is 1.39. The van der Waals surface area contributed by atoms with Crippen molar-refractivity contribution in [3.63, 3.8) is 0 Å². The smallest absolute Gasteiger partial charge is 0.270 e. The number of carbonyl (C=O) groups is 1. The summed E-state index contributed by atoms with van der Waals surface area (Å²) in [5.74, 6) is 0.596. The van der Waals surface area contributed by atoms with E-state index in [9.17, 15) is 4.79 Å². The molecular formula is C17H19N3O. The number of amides is 1. The van der Waals surface area contributed by atoms with Gasteiger partial charge in [-0.2, -0.15) is 0 Å². The van der Waals surface area contributed by atoms with Crippen molar-refractivity contribution in [3.8, 4) is 0 Å². The number of para-hydroxylation sites is 1. The molecule has 1 aromatic carbocycles. The SMILES string of the molecule is O=C(NC1CN2CCC1CC2)c1ccc2ccccc2n1. The Morgan fingerprint density at radius 2 is 1.95 bits per heavy atom. The van der Waals surface area contributed by atoms with Gasteiger partial charge in [0.05, 0.1) is 5.52 Å². The quantitative estimate of drug-likeness (QED) is 0.916. The molecule has 1 amide bonds. The molecule has 1 N–H and O–H groups in total. The van der Waals surface area contributed by atoms with Crippen molar-refractivity contribution in [2.75, 3.05) is 19.6 Å². The van der Waals surface area contributed by atoms with E-state index in [1.54, 1.807) is 0 Å². The Kier molecular flexibility index (Phi) is 3.11. The molecule has 2 bridgehead atoms. The van der Waals surface area contributed by atoms with E-state index in [0.29, 0.717) is 11.6 Å². The molecule has 3 fully saturated rings. The number of carbonyl (C=O) groups excluding carboxylic acids is 1. The van der Waals surface area contributed by atoms with E-state index in [2.05, 4.69) is 15.2 Å². The Morgan fingerprint density at radius 3 is 2.71 bits per heavy atom. The van der Waals surface area contributed by atoms with E-state index in [0.717, 1.165) is 17.4 Å². The molecule has 0 spiro atoms. The number of pyridine rings is 1. The van der Waals surface area contributed by atoms with Crippen LogP contribution >= 0.6 is 0 Å². The van der Waals surface area contributed by atoms with Gasteiger partial charge in [0, 0.05) is 18.0 Å². The van der Waals surface area contributed by atoms with E-state index < -0.39 is 0 Å². The molecule has 1 aromatic heterocycles. The summed E-state index contributed by atoms with van der Waals surface area (Å²) in [6.07, 6.45) is 2.41. The molecule has 0 aliphatic carbocycles. The number of benzene rings is 1. The third-order valence-corrected chi connectivity index (χ3v) is 4.80. The maximum atomic E-state index is 12.4.